The van der Waals surface area contributed by atoms with E-state index in [1.54, 1.807) is 6.20 Å². The lowest BCUT2D eigenvalue weighted by Gasteiger charge is -2.32. The van der Waals surface area contributed by atoms with E-state index in [0.29, 0.717) is 37.9 Å². The fraction of sp³-hybridized carbons (Fsp3) is 0.435. The zero-order valence-corrected chi connectivity index (χ0v) is 19.3. The van der Waals surface area contributed by atoms with Gasteiger partial charge in [0, 0.05) is 24.2 Å². The molecule has 168 valence electrons. The van der Waals surface area contributed by atoms with Gasteiger partial charge >= 0.3 is 0 Å². The average molecular weight is 454 g/mol. The minimum atomic E-state index is -0.198. The van der Waals surface area contributed by atoms with Crippen LogP contribution in [0.4, 0.5) is 0 Å². The molecule has 1 saturated heterocycles. The molecule has 1 atom stereocenters. The quantitative estimate of drug-likeness (QED) is 0.504. The van der Waals surface area contributed by atoms with E-state index in [4.69, 9.17) is 9.47 Å². The largest absolute Gasteiger partial charge is 0.475 e. The summed E-state index contributed by atoms with van der Waals surface area (Å²) in [7, 11) is 0. The van der Waals surface area contributed by atoms with Gasteiger partial charge in [0.15, 0.2) is 0 Å². The molecule has 4 rings (SSSR count). The summed E-state index contributed by atoms with van der Waals surface area (Å²) in [6.07, 6.45) is 1.52. The number of benzene rings is 1. The number of morpholine rings is 1. The summed E-state index contributed by atoms with van der Waals surface area (Å²) in [5.41, 5.74) is 2.54. The van der Waals surface area contributed by atoms with Crippen molar-refractivity contribution in [1.29, 1.82) is 0 Å². The molecule has 1 aliphatic rings. The lowest BCUT2D eigenvalue weighted by atomic mass is 10.2. The summed E-state index contributed by atoms with van der Waals surface area (Å²) < 4.78 is 11.7. The second-order valence-electron chi connectivity index (χ2n) is 7.99. The normalized spacial score (nSPS) is 16.5. The van der Waals surface area contributed by atoms with Crippen LogP contribution in [0.25, 0.3) is 11.0 Å². The Labute approximate surface area is 191 Å². The number of nitrogens with zero attached hydrogens (tertiary/aromatic N) is 5. The van der Waals surface area contributed by atoms with Crippen LogP contribution < -0.4 is 4.74 Å². The van der Waals surface area contributed by atoms with Crippen LogP contribution in [-0.4, -0.2) is 68.9 Å². The Kier molecular flexibility index (Phi) is 7.16. The molecular weight excluding hydrogens is 426 g/mol. The van der Waals surface area contributed by atoms with Crippen LogP contribution in [0.15, 0.2) is 41.6 Å². The Hall–Kier alpha value is -2.78. The van der Waals surface area contributed by atoms with Crippen LogP contribution in [0.5, 0.6) is 5.88 Å². The average Bonchev–Trinajstić information content (AvgIpc) is 2.81. The predicted octanol–water partition coefficient (Wildman–Crippen LogP) is 3.25. The SMILES string of the molecule is Cc1cc(OCC2CN(C(=O)CSc3cnc4ccccc4n3)CCO2)nc(C(C)C)n1. The number of rotatable bonds is 7. The number of hydrogen-bond acceptors (Lipinski definition) is 8. The maximum atomic E-state index is 12.8. The second kappa shape index (κ2) is 10.2. The third kappa shape index (κ3) is 5.72. The number of amides is 1. The number of aryl methyl sites for hydroxylation is 1. The van der Waals surface area contributed by atoms with E-state index in [0.717, 1.165) is 27.6 Å². The molecule has 0 N–H and O–H groups in total. The van der Waals surface area contributed by atoms with Crippen LogP contribution in [0.2, 0.25) is 0 Å². The number of ether oxygens (including phenoxy) is 2. The number of aromatic nitrogens is 4. The van der Waals surface area contributed by atoms with Crippen LogP contribution >= 0.6 is 11.8 Å². The third-order valence-corrected chi connectivity index (χ3v) is 5.93. The lowest BCUT2D eigenvalue weighted by Crippen LogP contribution is -2.48. The second-order valence-corrected chi connectivity index (χ2v) is 8.99. The number of para-hydroxylation sites is 2. The van der Waals surface area contributed by atoms with Crippen molar-refractivity contribution in [2.75, 3.05) is 32.1 Å². The summed E-state index contributed by atoms with van der Waals surface area (Å²) in [6, 6.07) is 9.52. The first-order valence-electron chi connectivity index (χ1n) is 10.7. The monoisotopic (exact) mass is 453 g/mol. The fourth-order valence-corrected chi connectivity index (χ4v) is 4.10. The molecule has 0 spiro atoms. The van der Waals surface area contributed by atoms with Gasteiger partial charge in [-0.1, -0.05) is 37.7 Å². The van der Waals surface area contributed by atoms with Crippen molar-refractivity contribution in [3.05, 3.63) is 48.0 Å². The highest BCUT2D eigenvalue weighted by Crippen LogP contribution is 2.20. The molecule has 1 fully saturated rings. The van der Waals surface area contributed by atoms with Crippen LogP contribution in [0.1, 0.15) is 31.3 Å². The van der Waals surface area contributed by atoms with Gasteiger partial charge in [-0.3, -0.25) is 9.78 Å². The molecule has 1 unspecified atom stereocenters. The first kappa shape index (κ1) is 22.4. The molecule has 9 heteroatoms. The minimum Gasteiger partial charge on any atom is -0.475 e. The maximum absolute atomic E-state index is 12.8. The Morgan fingerprint density at radius 2 is 2.06 bits per heavy atom. The van der Waals surface area contributed by atoms with E-state index in [1.807, 2.05) is 56.0 Å². The van der Waals surface area contributed by atoms with Gasteiger partial charge in [0.1, 0.15) is 23.6 Å². The van der Waals surface area contributed by atoms with E-state index in [9.17, 15) is 4.79 Å². The summed E-state index contributed by atoms with van der Waals surface area (Å²) in [5.74, 6) is 1.89. The van der Waals surface area contributed by atoms with Gasteiger partial charge in [-0.2, -0.15) is 4.98 Å². The molecule has 0 radical (unpaired) electrons. The Morgan fingerprint density at radius 3 is 2.88 bits per heavy atom. The van der Waals surface area contributed by atoms with Crippen molar-refractivity contribution in [2.45, 2.75) is 37.8 Å². The van der Waals surface area contributed by atoms with Gasteiger partial charge in [-0.05, 0) is 19.1 Å². The first-order valence-corrected chi connectivity index (χ1v) is 11.7. The van der Waals surface area contributed by atoms with Crippen molar-refractivity contribution in [3.63, 3.8) is 0 Å². The van der Waals surface area contributed by atoms with Crippen LogP contribution in [0, 0.1) is 6.92 Å². The smallest absolute Gasteiger partial charge is 0.233 e. The first-order chi connectivity index (χ1) is 15.5. The molecule has 8 nitrogen and oxygen atoms in total. The molecule has 0 bridgehead atoms. The molecule has 1 aromatic carbocycles. The molecule has 32 heavy (non-hydrogen) atoms. The highest BCUT2D eigenvalue weighted by molar-refractivity contribution is 7.99. The summed E-state index contributed by atoms with van der Waals surface area (Å²) in [4.78, 5) is 32.5. The van der Waals surface area contributed by atoms with E-state index in [-0.39, 0.29) is 17.9 Å². The van der Waals surface area contributed by atoms with Crippen molar-refractivity contribution in [1.82, 2.24) is 24.8 Å². The Balaban J connectivity index is 1.29. The summed E-state index contributed by atoms with van der Waals surface area (Å²) >= 11 is 1.40. The summed E-state index contributed by atoms with van der Waals surface area (Å²) in [5, 5.41) is 0.741. The minimum absolute atomic E-state index is 0.0539. The molecule has 0 aliphatic carbocycles. The molecule has 1 aliphatic heterocycles. The van der Waals surface area contributed by atoms with E-state index in [2.05, 4.69) is 19.9 Å². The topological polar surface area (TPSA) is 90.3 Å². The van der Waals surface area contributed by atoms with Crippen molar-refractivity contribution >= 4 is 28.7 Å². The van der Waals surface area contributed by atoms with Crippen molar-refractivity contribution in [2.24, 2.45) is 0 Å². The highest BCUT2D eigenvalue weighted by atomic mass is 32.2. The summed E-state index contributed by atoms with van der Waals surface area (Å²) in [6.45, 7) is 7.91. The standard InChI is InChI=1S/C23H27N5O3S/c1-15(2)23-25-16(3)10-20(27-23)31-13-17-12-28(8-9-30-17)22(29)14-32-21-11-24-18-6-4-5-7-19(18)26-21/h4-7,10-11,15,17H,8-9,12-14H2,1-3H3. The fourth-order valence-electron chi connectivity index (χ4n) is 3.36. The van der Waals surface area contributed by atoms with Gasteiger partial charge in [0.2, 0.25) is 11.8 Å². The van der Waals surface area contributed by atoms with Gasteiger partial charge in [-0.25, -0.2) is 9.97 Å². The molecule has 2 aromatic heterocycles. The predicted molar refractivity (Wildman–Crippen MR) is 123 cm³/mol. The van der Waals surface area contributed by atoms with Crippen LogP contribution in [-0.2, 0) is 9.53 Å². The van der Waals surface area contributed by atoms with Crippen molar-refractivity contribution in [3.8, 4) is 5.88 Å². The van der Waals surface area contributed by atoms with E-state index >= 15 is 0 Å². The Morgan fingerprint density at radius 1 is 1.25 bits per heavy atom. The number of carbonyl (C=O) groups is 1. The van der Waals surface area contributed by atoms with E-state index < -0.39 is 0 Å². The van der Waals surface area contributed by atoms with Crippen LogP contribution in [0.3, 0.4) is 0 Å². The zero-order chi connectivity index (χ0) is 22.5. The Bertz CT molecular complexity index is 1090. The zero-order valence-electron chi connectivity index (χ0n) is 18.5. The third-order valence-electron chi connectivity index (χ3n) is 5.04. The van der Waals surface area contributed by atoms with E-state index in [1.165, 1.54) is 11.8 Å². The number of fused-ring (bicyclic) bond motifs is 1. The number of hydrogen-bond donors (Lipinski definition) is 0. The molecular formula is C23H27N5O3S. The van der Waals surface area contributed by atoms with Crippen molar-refractivity contribution < 1.29 is 14.3 Å². The molecule has 0 saturated carbocycles. The molecule has 3 aromatic rings. The van der Waals surface area contributed by atoms with Gasteiger partial charge in [-0.15, -0.1) is 0 Å². The molecule has 1 amide bonds. The maximum Gasteiger partial charge on any atom is 0.233 e. The number of thioether (sulfide) groups is 1. The molecule has 3 heterocycles. The lowest BCUT2D eigenvalue weighted by molar-refractivity contribution is -0.137. The van der Waals surface area contributed by atoms with Gasteiger partial charge in [0.05, 0.1) is 36.1 Å². The van der Waals surface area contributed by atoms with Gasteiger partial charge in [0.25, 0.3) is 0 Å². The van der Waals surface area contributed by atoms with Gasteiger partial charge < -0.3 is 14.4 Å². The highest BCUT2D eigenvalue weighted by Gasteiger charge is 2.25. The number of carbonyl (C=O) groups excluding carboxylic acids is 1.